The Kier molecular flexibility index (Phi) is 26.2. The SMILES string of the molecule is Nc1ccc2c(c1)CCc1nc(NC(=O)CCCc3ccccc3)c(-c3ccc(O)cc3)nc1-2.Nc1ccc2c(c1)CCc1nc(NC(=O)CCc3ccccc3)c(-c3ccc(O)cc3)nc1-2.Nc1ccc2c(c1)CCc1nc(NC(=O)Cc3ccc4ccccc4c3)c(-c3ccc(O)cc3)nc1-2.Nc1ccc2c(c1)CCc1nc(NC(=O)Cc3ccccc3)c(-c3ccc(O)cc3)nc1-2. The number of nitrogen functional groups attached to an aromatic ring is 4. The summed E-state index contributed by atoms with van der Waals surface area (Å²) in [5.74, 6) is 1.87. The van der Waals surface area contributed by atoms with E-state index in [1.165, 1.54) is 5.56 Å². The zero-order valence-electron chi connectivity index (χ0n) is 73.8. The molecule has 0 saturated carbocycles. The highest BCUT2D eigenvalue weighted by molar-refractivity contribution is 5.99. The Bertz CT molecular complexity index is 7320. The average Bonchev–Trinajstić information content (AvgIpc) is 0.775. The Morgan fingerprint density at radius 1 is 0.252 bits per heavy atom. The minimum atomic E-state index is -0.163. The number of amides is 4. The second kappa shape index (κ2) is 40.0. The van der Waals surface area contributed by atoms with Crippen LogP contribution < -0.4 is 44.2 Å². The molecule has 21 rings (SSSR count). The van der Waals surface area contributed by atoms with Crippen molar-refractivity contribution in [1.29, 1.82) is 0 Å². The number of nitrogens with two attached hydrogens (primary N) is 4. The molecule has 16 N–H and O–H groups in total. The molecule has 0 bridgehead atoms. The maximum atomic E-state index is 13.1. The van der Waals surface area contributed by atoms with E-state index in [-0.39, 0.29) is 59.5 Å². The number of hydrogen-bond acceptors (Lipinski definition) is 20. The van der Waals surface area contributed by atoms with Crippen molar-refractivity contribution in [3.05, 3.63) is 371 Å². The molecular weight excluding hydrogens is 1690 g/mol. The third-order valence-electron chi connectivity index (χ3n) is 24.1. The molecule has 0 fully saturated rings. The number of carbonyl (C=O) groups is 4. The van der Waals surface area contributed by atoms with Crippen LogP contribution in [-0.2, 0) is 96.2 Å². The topological polar surface area (TPSA) is 405 Å². The van der Waals surface area contributed by atoms with Gasteiger partial charge in [-0.3, -0.25) is 19.2 Å². The Labute approximate surface area is 779 Å². The van der Waals surface area contributed by atoms with Crippen LogP contribution in [0.2, 0.25) is 0 Å². The van der Waals surface area contributed by atoms with Crippen molar-refractivity contribution in [2.24, 2.45) is 0 Å². The van der Waals surface area contributed by atoms with Crippen molar-refractivity contribution in [3.8, 4) is 113 Å². The van der Waals surface area contributed by atoms with Crippen LogP contribution in [0.1, 0.15) is 86.5 Å². The zero-order valence-corrected chi connectivity index (χ0v) is 73.8. The highest BCUT2D eigenvalue weighted by Crippen LogP contribution is 2.43. The first-order valence-electron chi connectivity index (χ1n) is 44.9. The van der Waals surface area contributed by atoms with Gasteiger partial charge >= 0.3 is 0 Å². The van der Waals surface area contributed by atoms with E-state index in [4.69, 9.17) is 62.8 Å². The van der Waals surface area contributed by atoms with Gasteiger partial charge in [-0.1, -0.05) is 158 Å². The van der Waals surface area contributed by atoms with Crippen LogP contribution >= 0.6 is 0 Å². The quantitative estimate of drug-likeness (QED) is 0.0335. The fourth-order valence-electron chi connectivity index (χ4n) is 17.3. The Hall–Kier alpha value is -17.3. The zero-order chi connectivity index (χ0) is 93.0. The van der Waals surface area contributed by atoms with Gasteiger partial charge in [-0.2, -0.15) is 0 Å². The summed E-state index contributed by atoms with van der Waals surface area (Å²) in [4.78, 5) is 90.8. The summed E-state index contributed by atoms with van der Waals surface area (Å²) < 4.78 is 0. The number of benzene rings is 13. The summed E-state index contributed by atoms with van der Waals surface area (Å²) in [6.07, 6.45) is 9.60. The van der Waals surface area contributed by atoms with Gasteiger partial charge in [0.15, 0.2) is 23.3 Å². The van der Waals surface area contributed by atoms with Crippen molar-refractivity contribution in [2.45, 2.75) is 96.3 Å². The van der Waals surface area contributed by atoms with E-state index >= 15 is 0 Å². The molecule has 0 saturated heterocycles. The number of aromatic nitrogens is 8. The molecule has 0 radical (unpaired) electrons. The molecule has 4 heterocycles. The smallest absolute Gasteiger partial charge is 0.230 e. The number of nitrogens with zero attached hydrogens (tertiary/aromatic N) is 8. The number of phenolic OH excluding ortho intramolecular Hbond substituents is 4. The minimum absolute atomic E-state index is 0.0887. The minimum Gasteiger partial charge on any atom is -0.508 e. The van der Waals surface area contributed by atoms with Crippen LogP contribution in [0.5, 0.6) is 23.0 Å². The lowest BCUT2D eigenvalue weighted by molar-refractivity contribution is -0.117. The van der Waals surface area contributed by atoms with Crippen LogP contribution in [0.4, 0.5) is 46.0 Å². The van der Waals surface area contributed by atoms with Crippen LogP contribution in [0.3, 0.4) is 0 Å². The molecule has 0 atom stereocenters. The van der Waals surface area contributed by atoms with Gasteiger partial charge in [0.1, 0.15) is 45.8 Å². The molecule has 0 unspecified atom stereocenters. The summed E-state index contributed by atoms with van der Waals surface area (Å²) in [5.41, 5.74) is 51.6. The number of hydrogen-bond donors (Lipinski definition) is 12. The molecule has 0 aliphatic heterocycles. The van der Waals surface area contributed by atoms with Crippen LogP contribution in [0.25, 0.3) is 101 Å². The number of carbonyl (C=O) groups excluding carboxylic acids is 4. The molecule has 4 aromatic heterocycles. The van der Waals surface area contributed by atoms with Crippen LogP contribution in [-0.4, -0.2) is 83.9 Å². The lowest BCUT2D eigenvalue weighted by atomic mass is 9.91. The van der Waals surface area contributed by atoms with Gasteiger partial charge in [-0.15, -0.1) is 0 Å². The number of nitrogens with one attached hydrogen (secondary N) is 4. The summed E-state index contributed by atoms with van der Waals surface area (Å²) >= 11 is 0. The van der Waals surface area contributed by atoms with Gasteiger partial charge in [0.25, 0.3) is 0 Å². The first kappa shape index (κ1) is 88.4. The average molecular weight is 1780 g/mol. The van der Waals surface area contributed by atoms with Gasteiger partial charge in [0, 0.05) is 80.1 Å². The lowest BCUT2D eigenvalue weighted by Crippen LogP contribution is -2.19. The standard InChI is InChI=1S/C30H24N4O2.C28H26N4O2.C27H24N4O2.C26H22N4O2/c31-23-10-13-25-22(17-23)9-14-26-29(25)34-28(20-7-11-24(35)12-8-20)30(32-26)33-27(36)16-18-5-6-19-3-1-2-4-21(19)15-18;29-21-12-15-23-20(17-21)11-16-24-27(23)32-26(19-9-13-22(33)14-10-19)28(30-24)31-25(34)8-4-7-18-5-2-1-3-6-18;28-20-10-13-22-19(16-20)9-14-23-26(22)31-25(18-7-11-21(32)12-8-18)27(29-23)30-24(33)15-6-17-4-2-1-3-5-17;27-19-9-12-21-18(15-19)8-13-22-25(21)30-24(17-6-10-20(31)11-7-17)26(28-22)29-23(32)14-16-4-2-1-3-5-16/h1-8,10-13,15,17,35H,9,14,16,31H2,(H,32,33,36);1-3,5-6,9-10,12-15,17,33H,4,7-8,11,16,29H2,(H,30,31,34);1-5,7-8,10-13,16,32H,6,9,14-15,28H2,(H,29,30,33);1-7,9-12,15,31H,8,13-14,27H2,(H,28,29,32). The fourth-order valence-corrected chi connectivity index (χ4v) is 17.3. The molecule has 13 aromatic carbocycles. The first-order valence-corrected chi connectivity index (χ1v) is 44.9. The summed E-state index contributed by atoms with van der Waals surface area (Å²) in [7, 11) is 0. The molecule has 668 valence electrons. The lowest BCUT2D eigenvalue weighted by Gasteiger charge is -2.21. The maximum Gasteiger partial charge on any atom is 0.230 e. The molecule has 4 amide bonds. The Morgan fingerprint density at radius 3 is 0.881 bits per heavy atom. The Balaban J connectivity index is 0.000000120. The van der Waals surface area contributed by atoms with Crippen molar-refractivity contribution in [1.82, 2.24) is 39.9 Å². The second-order valence-electron chi connectivity index (χ2n) is 33.8. The van der Waals surface area contributed by atoms with Crippen molar-refractivity contribution < 1.29 is 39.6 Å². The monoisotopic (exact) mass is 1780 g/mol. The molecular formula is C111H96N16O8. The van der Waals surface area contributed by atoms with E-state index in [2.05, 4.69) is 39.5 Å². The van der Waals surface area contributed by atoms with E-state index < -0.39 is 0 Å². The first-order chi connectivity index (χ1) is 65.7. The highest BCUT2D eigenvalue weighted by Gasteiger charge is 2.30. The molecule has 0 spiro atoms. The molecule has 24 nitrogen and oxygen atoms in total. The number of rotatable bonds is 19. The predicted molar refractivity (Wildman–Crippen MR) is 532 cm³/mol. The molecule has 4 aliphatic rings. The van der Waals surface area contributed by atoms with Gasteiger partial charge in [0.2, 0.25) is 23.6 Å². The van der Waals surface area contributed by atoms with Crippen LogP contribution in [0.15, 0.2) is 303 Å². The van der Waals surface area contributed by atoms with E-state index in [0.29, 0.717) is 71.7 Å². The van der Waals surface area contributed by atoms with E-state index in [1.807, 2.05) is 188 Å². The molecule has 24 heteroatoms. The second-order valence-corrected chi connectivity index (χ2v) is 33.8. The van der Waals surface area contributed by atoms with E-state index in [1.54, 1.807) is 97.1 Å². The van der Waals surface area contributed by atoms with E-state index in [9.17, 15) is 39.6 Å². The molecule has 4 aliphatic carbocycles. The summed E-state index contributed by atoms with van der Waals surface area (Å²) in [5, 5.41) is 53.2. The normalized spacial score (nSPS) is 12.0. The third-order valence-corrected chi connectivity index (χ3v) is 24.1. The fraction of sp³-hybridized carbons (Fsp3) is 0.135. The largest absolute Gasteiger partial charge is 0.508 e. The maximum absolute atomic E-state index is 13.1. The number of phenols is 4. The van der Waals surface area contributed by atoms with Gasteiger partial charge in [-0.05, 0) is 272 Å². The Morgan fingerprint density at radius 2 is 0.541 bits per heavy atom. The number of aryl methyl sites for hydroxylation is 10. The van der Waals surface area contributed by atoms with Gasteiger partial charge < -0.3 is 64.6 Å². The number of fused-ring (bicyclic) bond motifs is 13. The molecule has 135 heavy (non-hydrogen) atoms. The van der Waals surface area contributed by atoms with Crippen molar-refractivity contribution >= 4 is 80.4 Å². The predicted octanol–water partition coefficient (Wildman–Crippen LogP) is 19.8. The van der Waals surface area contributed by atoms with Gasteiger partial charge in [-0.25, -0.2) is 39.9 Å². The van der Waals surface area contributed by atoms with E-state index in [0.717, 1.165) is 220 Å². The highest BCUT2D eigenvalue weighted by atomic mass is 16.3. The van der Waals surface area contributed by atoms with Gasteiger partial charge in [0.05, 0.1) is 58.4 Å². The third kappa shape index (κ3) is 21.1. The van der Waals surface area contributed by atoms with Crippen molar-refractivity contribution in [3.63, 3.8) is 0 Å². The van der Waals surface area contributed by atoms with Crippen molar-refractivity contribution in [2.75, 3.05) is 44.2 Å². The number of anilines is 8. The van der Waals surface area contributed by atoms with Crippen LogP contribution in [0, 0.1) is 0 Å². The molecule has 17 aromatic rings. The summed E-state index contributed by atoms with van der Waals surface area (Å²) in [6, 6.07) is 94.2. The summed E-state index contributed by atoms with van der Waals surface area (Å²) in [6.45, 7) is 0. The number of aromatic hydroxyl groups is 4.